The van der Waals surface area contributed by atoms with Crippen molar-refractivity contribution in [2.75, 3.05) is 27.3 Å². The molecule has 0 aromatic heterocycles. The number of likely N-dealkylation sites (N-methyl/N-ethyl adjacent to an activating group) is 1. The Bertz CT molecular complexity index is 268. The largest absolute Gasteiger partial charge is 0.480 e. The lowest BCUT2D eigenvalue weighted by Gasteiger charge is -2.20. The number of nitrogens with one attached hydrogen (secondary N) is 1. The van der Waals surface area contributed by atoms with Crippen molar-refractivity contribution in [3.8, 4) is 0 Å². The molecule has 0 bridgehead atoms. The molecule has 2 N–H and O–H groups in total. The monoisotopic (exact) mass is 244 g/mol. The highest BCUT2D eigenvalue weighted by atomic mass is 16.5. The fourth-order valence-electron chi connectivity index (χ4n) is 1.22. The summed E-state index contributed by atoms with van der Waals surface area (Å²) >= 11 is 0. The minimum atomic E-state index is -1.04. The highest BCUT2D eigenvalue weighted by Gasteiger charge is 2.20. The summed E-state index contributed by atoms with van der Waals surface area (Å²) in [6.07, 6.45) is 2.50. The maximum atomic E-state index is 11.6. The van der Waals surface area contributed by atoms with Gasteiger partial charge in [-0.05, 0) is 12.8 Å². The van der Waals surface area contributed by atoms with E-state index in [-0.39, 0.29) is 0 Å². The van der Waals surface area contributed by atoms with Crippen molar-refractivity contribution < 1.29 is 19.4 Å². The molecule has 0 spiro atoms. The average Bonchev–Trinajstić information content (AvgIpc) is 2.27. The van der Waals surface area contributed by atoms with Crippen LogP contribution in [0, 0.1) is 0 Å². The summed E-state index contributed by atoms with van der Waals surface area (Å²) in [6.45, 7) is 4.35. The van der Waals surface area contributed by atoms with Gasteiger partial charge in [0.05, 0.1) is 0 Å². The van der Waals surface area contributed by atoms with Crippen LogP contribution in [0.5, 0.6) is 0 Å². The Hall–Kier alpha value is -1.56. The Balaban J connectivity index is 4.19. The van der Waals surface area contributed by atoms with Gasteiger partial charge in [-0.3, -0.25) is 0 Å². The van der Waals surface area contributed by atoms with Crippen molar-refractivity contribution in [2.45, 2.75) is 18.9 Å². The average molecular weight is 244 g/mol. The zero-order valence-electron chi connectivity index (χ0n) is 10.3. The number of carbonyl (C=O) groups excluding carboxylic acids is 1. The highest BCUT2D eigenvalue weighted by Crippen LogP contribution is 1.99. The number of nitrogens with zero attached hydrogens (tertiary/aromatic N) is 1. The van der Waals surface area contributed by atoms with E-state index in [4.69, 9.17) is 9.84 Å². The van der Waals surface area contributed by atoms with Crippen LogP contribution >= 0.6 is 0 Å². The Morgan fingerprint density at radius 1 is 1.59 bits per heavy atom. The van der Waals surface area contributed by atoms with E-state index >= 15 is 0 Å². The normalized spacial score (nSPS) is 11.6. The van der Waals surface area contributed by atoms with Crippen LogP contribution in [-0.2, 0) is 9.53 Å². The van der Waals surface area contributed by atoms with Gasteiger partial charge in [-0.1, -0.05) is 6.08 Å². The number of hydrogen-bond donors (Lipinski definition) is 2. The Kier molecular flexibility index (Phi) is 7.79. The molecule has 0 saturated carbocycles. The molecule has 6 nitrogen and oxygen atoms in total. The molecular formula is C11H20N2O4. The van der Waals surface area contributed by atoms with E-state index in [0.29, 0.717) is 26.0 Å². The third-order valence-electron chi connectivity index (χ3n) is 2.19. The Labute approximate surface area is 101 Å². The topological polar surface area (TPSA) is 78.9 Å². The van der Waals surface area contributed by atoms with Gasteiger partial charge in [0.1, 0.15) is 6.04 Å². The van der Waals surface area contributed by atoms with Gasteiger partial charge >= 0.3 is 12.0 Å². The minimum Gasteiger partial charge on any atom is -0.480 e. The lowest BCUT2D eigenvalue weighted by Crippen LogP contribution is -2.46. The van der Waals surface area contributed by atoms with Gasteiger partial charge < -0.3 is 20.1 Å². The van der Waals surface area contributed by atoms with E-state index in [1.165, 1.54) is 4.90 Å². The lowest BCUT2D eigenvalue weighted by molar-refractivity contribution is -0.139. The summed E-state index contributed by atoms with van der Waals surface area (Å²) in [7, 11) is 3.12. The van der Waals surface area contributed by atoms with E-state index in [2.05, 4.69) is 11.9 Å². The van der Waals surface area contributed by atoms with Crippen LogP contribution in [0.3, 0.4) is 0 Å². The van der Waals surface area contributed by atoms with E-state index in [1.807, 2.05) is 0 Å². The number of carboxylic acids is 1. The van der Waals surface area contributed by atoms with Gasteiger partial charge in [0, 0.05) is 27.3 Å². The van der Waals surface area contributed by atoms with E-state index in [9.17, 15) is 9.59 Å². The van der Waals surface area contributed by atoms with Crippen molar-refractivity contribution in [1.82, 2.24) is 10.2 Å². The van der Waals surface area contributed by atoms with Crippen LogP contribution in [-0.4, -0.2) is 55.4 Å². The first kappa shape index (κ1) is 15.4. The number of ether oxygens (including phenoxy) is 1. The number of hydrogen-bond acceptors (Lipinski definition) is 3. The van der Waals surface area contributed by atoms with Crippen molar-refractivity contribution in [1.29, 1.82) is 0 Å². The Morgan fingerprint density at radius 3 is 2.71 bits per heavy atom. The molecule has 0 fully saturated rings. The predicted molar refractivity (Wildman–Crippen MR) is 63.9 cm³/mol. The van der Waals surface area contributed by atoms with Crippen molar-refractivity contribution >= 4 is 12.0 Å². The van der Waals surface area contributed by atoms with Crippen molar-refractivity contribution in [3.63, 3.8) is 0 Å². The van der Waals surface area contributed by atoms with Gasteiger partial charge in [0.15, 0.2) is 0 Å². The number of rotatable bonds is 8. The second kappa shape index (κ2) is 8.58. The molecule has 0 aliphatic rings. The number of methoxy groups -OCH3 is 1. The SMILES string of the molecule is C=CCN(C)C(=O)NC(CCCOC)C(=O)O. The second-order valence-corrected chi connectivity index (χ2v) is 3.64. The molecule has 1 unspecified atom stereocenters. The molecule has 98 valence electrons. The van der Waals surface area contributed by atoms with Crippen LogP contribution in [0.15, 0.2) is 12.7 Å². The molecule has 17 heavy (non-hydrogen) atoms. The van der Waals surface area contributed by atoms with Gasteiger partial charge in [-0.2, -0.15) is 0 Å². The first-order valence-corrected chi connectivity index (χ1v) is 5.37. The highest BCUT2D eigenvalue weighted by molar-refractivity contribution is 5.82. The molecular weight excluding hydrogens is 224 g/mol. The fourth-order valence-corrected chi connectivity index (χ4v) is 1.22. The molecule has 0 radical (unpaired) electrons. The summed E-state index contributed by atoms with van der Waals surface area (Å²) in [5.41, 5.74) is 0. The molecule has 0 aliphatic heterocycles. The maximum absolute atomic E-state index is 11.6. The van der Waals surface area contributed by atoms with Crippen LogP contribution in [0.1, 0.15) is 12.8 Å². The Morgan fingerprint density at radius 2 is 2.24 bits per heavy atom. The van der Waals surface area contributed by atoms with Crippen LogP contribution in [0.4, 0.5) is 4.79 Å². The van der Waals surface area contributed by atoms with Gasteiger partial charge in [0.25, 0.3) is 0 Å². The molecule has 0 aliphatic carbocycles. The van der Waals surface area contributed by atoms with Crippen LogP contribution < -0.4 is 5.32 Å². The third kappa shape index (κ3) is 6.57. The summed E-state index contributed by atoms with van der Waals surface area (Å²) in [4.78, 5) is 23.8. The lowest BCUT2D eigenvalue weighted by atomic mass is 10.1. The number of amides is 2. The number of urea groups is 1. The van der Waals surface area contributed by atoms with Gasteiger partial charge in [0.2, 0.25) is 0 Å². The predicted octanol–water partition coefficient (Wildman–Crippen LogP) is 0.694. The van der Waals surface area contributed by atoms with Gasteiger partial charge in [-0.15, -0.1) is 6.58 Å². The quantitative estimate of drug-likeness (QED) is 0.486. The zero-order chi connectivity index (χ0) is 13.3. The number of aliphatic carboxylic acids is 1. The summed E-state index contributed by atoms with van der Waals surface area (Å²) in [6, 6.07) is -1.31. The maximum Gasteiger partial charge on any atom is 0.326 e. The molecule has 6 heteroatoms. The summed E-state index contributed by atoms with van der Waals surface area (Å²) in [5.74, 6) is -1.04. The molecule has 1 atom stereocenters. The number of carboxylic acid groups (broad SMARTS) is 1. The minimum absolute atomic E-state index is 0.344. The fraction of sp³-hybridized carbons (Fsp3) is 0.636. The molecule has 0 aromatic rings. The molecule has 0 heterocycles. The molecule has 0 rings (SSSR count). The zero-order valence-corrected chi connectivity index (χ0v) is 10.3. The molecule has 0 aromatic carbocycles. The van der Waals surface area contributed by atoms with Crippen LogP contribution in [0.2, 0.25) is 0 Å². The van der Waals surface area contributed by atoms with Crippen molar-refractivity contribution in [3.05, 3.63) is 12.7 Å². The molecule has 0 saturated heterocycles. The van der Waals surface area contributed by atoms with E-state index < -0.39 is 18.0 Å². The van der Waals surface area contributed by atoms with E-state index in [0.717, 1.165) is 0 Å². The standard InChI is InChI=1S/C11H20N2O4/c1-4-7-13(2)11(16)12-9(10(14)15)6-5-8-17-3/h4,9H,1,5-8H2,2-3H3,(H,12,16)(H,14,15). The first-order valence-electron chi connectivity index (χ1n) is 5.37. The second-order valence-electron chi connectivity index (χ2n) is 3.64. The first-order chi connectivity index (χ1) is 8.02. The number of carbonyl (C=O) groups is 2. The molecule has 2 amide bonds. The smallest absolute Gasteiger partial charge is 0.326 e. The summed E-state index contributed by atoms with van der Waals surface area (Å²) in [5, 5.41) is 11.4. The third-order valence-corrected chi connectivity index (χ3v) is 2.19. The summed E-state index contributed by atoms with van der Waals surface area (Å²) < 4.78 is 4.83. The van der Waals surface area contributed by atoms with E-state index in [1.54, 1.807) is 20.2 Å². The van der Waals surface area contributed by atoms with Gasteiger partial charge in [-0.25, -0.2) is 9.59 Å². The van der Waals surface area contributed by atoms with Crippen molar-refractivity contribution in [2.24, 2.45) is 0 Å². The van der Waals surface area contributed by atoms with Crippen LogP contribution in [0.25, 0.3) is 0 Å².